The first-order valence-corrected chi connectivity index (χ1v) is 1.80. The minimum absolute atomic E-state index is 0.824. The van der Waals surface area contributed by atoms with Gasteiger partial charge in [0.05, 0.1) is 10.2 Å². The van der Waals surface area contributed by atoms with Crippen molar-refractivity contribution in [1.82, 2.24) is 0 Å². The lowest BCUT2D eigenvalue weighted by molar-refractivity contribution is 2.03. The van der Waals surface area contributed by atoms with Gasteiger partial charge >= 0.3 is 0 Å². The Kier molecular flexibility index (Phi) is 1.85. The Bertz CT molecular complexity index is 54.7. The molecule has 0 rings (SSSR count). The highest BCUT2D eigenvalue weighted by atomic mass is 28.1. The van der Waals surface area contributed by atoms with E-state index in [1.54, 1.807) is 6.08 Å². The molecule has 0 saturated heterocycles. The van der Waals surface area contributed by atoms with E-state index in [0.717, 1.165) is 5.20 Å². The zero-order chi connectivity index (χ0) is 4.28. The van der Waals surface area contributed by atoms with E-state index in [1.807, 2.05) is 0 Å². The third-order valence-electron chi connectivity index (χ3n) is 0.246. The maximum absolute atomic E-state index is 3.47. The van der Waals surface area contributed by atoms with E-state index in [-0.39, 0.29) is 0 Å². The lowest BCUT2D eigenvalue weighted by atomic mass is 10.6. The molecule has 0 heterocycles. The van der Waals surface area contributed by atoms with Gasteiger partial charge in [-0.2, -0.15) is 0 Å². The molecular formula is C4H5Si. The smallest absolute Gasteiger partial charge is 0.0703 e. The van der Waals surface area contributed by atoms with Gasteiger partial charge in [0.25, 0.3) is 0 Å². The monoisotopic (exact) mass is 81.0 g/mol. The Labute approximate surface area is 35.6 Å². The van der Waals surface area contributed by atoms with Crippen molar-refractivity contribution < 1.29 is 0 Å². The average Bonchev–Trinajstić information content (AvgIpc) is 1.38. The summed E-state index contributed by atoms with van der Waals surface area (Å²) in [7, 11) is 3.10. The second kappa shape index (κ2) is 1.97. The van der Waals surface area contributed by atoms with E-state index in [2.05, 4.69) is 23.4 Å². The highest BCUT2D eigenvalue weighted by Crippen LogP contribution is 1.74. The lowest BCUT2D eigenvalue weighted by Crippen LogP contribution is -1.61. The fourth-order valence-corrected chi connectivity index (χ4v) is 0. The first-order chi connectivity index (χ1) is 2.27. The molecule has 0 aromatic carbocycles. The molecule has 0 aromatic rings. The molecule has 0 nitrogen and oxygen atoms in total. The zero-order valence-electron chi connectivity index (χ0n) is 2.99. The molecule has 0 fully saturated rings. The van der Waals surface area contributed by atoms with Crippen LogP contribution in [0.25, 0.3) is 0 Å². The largest absolute Gasteiger partial charge is 0.101 e. The van der Waals surface area contributed by atoms with E-state index in [9.17, 15) is 0 Å². The molecule has 0 atom stereocenters. The summed E-state index contributed by atoms with van der Waals surface area (Å²) in [6.07, 6.45) is 1.64. The maximum Gasteiger partial charge on any atom is 0.0703 e. The van der Waals surface area contributed by atoms with E-state index in [4.69, 9.17) is 0 Å². The number of hydrogen-bond donors (Lipinski definition) is 0. The molecular weight excluding hydrogens is 76.1 g/mol. The van der Waals surface area contributed by atoms with E-state index >= 15 is 0 Å². The van der Waals surface area contributed by atoms with Crippen LogP contribution in [0.2, 0.25) is 0 Å². The molecule has 25 valence electrons. The molecule has 0 aliphatic heterocycles. The van der Waals surface area contributed by atoms with Crippen molar-refractivity contribution in [2.45, 2.75) is 0 Å². The molecule has 0 aromatic heterocycles. The molecule has 0 N–H and O–H groups in total. The third-order valence-corrected chi connectivity index (χ3v) is 0.451. The minimum atomic E-state index is 0.824. The number of allylic oxidation sites excluding steroid dienone is 2. The summed E-state index contributed by atoms with van der Waals surface area (Å²) in [5, 5.41) is 0.824. The number of rotatable bonds is 1. The molecule has 5 heavy (non-hydrogen) atoms. The summed E-state index contributed by atoms with van der Waals surface area (Å²) in [5.74, 6) is 0. The summed E-state index contributed by atoms with van der Waals surface area (Å²) in [4.78, 5) is 0. The summed E-state index contributed by atoms with van der Waals surface area (Å²) >= 11 is 0. The SMILES string of the molecule is C=CC(=C)[Si]. The quantitative estimate of drug-likeness (QED) is 0.324. The normalized spacial score (nSPS) is 6.60. The van der Waals surface area contributed by atoms with Gasteiger partial charge in [-0.05, 0) is 0 Å². The van der Waals surface area contributed by atoms with Crippen molar-refractivity contribution >= 4 is 10.2 Å². The van der Waals surface area contributed by atoms with Crippen molar-refractivity contribution in [2.24, 2.45) is 0 Å². The highest BCUT2D eigenvalue weighted by molar-refractivity contribution is 6.22. The Morgan fingerprint density at radius 2 is 2.00 bits per heavy atom. The Morgan fingerprint density at radius 1 is 1.80 bits per heavy atom. The van der Waals surface area contributed by atoms with Gasteiger partial charge in [0.15, 0.2) is 0 Å². The van der Waals surface area contributed by atoms with Crippen molar-refractivity contribution in [3.8, 4) is 0 Å². The standard InChI is InChI=1S/C4H5Si/c1-3-4(2)5/h3H,1-2H2. The molecule has 0 aliphatic carbocycles. The Hall–Kier alpha value is -0.303. The molecule has 0 spiro atoms. The fourth-order valence-electron chi connectivity index (χ4n) is 0. The van der Waals surface area contributed by atoms with E-state index in [1.165, 1.54) is 0 Å². The van der Waals surface area contributed by atoms with E-state index < -0.39 is 0 Å². The second-order valence-corrected chi connectivity index (χ2v) is 1.37. The van der Waals surface area contributed by atoms with Gasteiger partial charge < -0.3 is 0 Å². The first kappa shape index (κ1) is 4.70. The topological polar surface area (TPSA) is 0 Å². The molecule has 1 heteroatoms. The van der Waals surface area contributed by atoms with Crippen LogP contribution in [0.3, 0.4) is 0 Å². The summed E-state index contributed by atoms with van der Waals surface area (Å²) < 4.78 is 0. The first-order valence-electron chi connectivity index (χ1n) is 1.30. The van der Waals surface area contributed by atoms with Crippen molar-refractivity contribution in [3.05, 3.63) is 24.4 Å². The lowest BCUT2D eigenvalue weighted by Gasteiger charge is -1.70. The van der Waals surface area contributed by atoms with Crippen LogP contribution in [-0.4, -0.2) is 10.2 Å². The van der Waals surface area contributed by atoms with Gasteiger partial charge in [0, 0.05) is 0 Å². The molecule has 0 unspecified atom stereocenters. The average molecular weight is 81.2 g/mol. The summed E-state index contributed by atoms with van der Waals surface area (Å²) in [6, 6.07) is 0. The van der Waals surface area contributed by atoms with Crippen LogP contribution in [-0.2, 0) is 0 Å². The predicted octanol–water partition coefficient (Wildman–Crippen LogP) is 0.855. The van der Waals surface area contributed by atoms with Crippen molar-refractivity contribution in [2.75, 3.05) is 0 Å². The van der Waals surface area contributed by atoms with Crippen LogP contribution in [0.1, 0.15) is 0 Å². The van der Waals surface area contributed by atoms with Gasteiger partial charge in [-0.1, -0.05) is 17.9 Å². The van der Waals surface area contributed by atoms with Crippen LogP contribution in [0.4, 0.5) is 0 Å². The van der Waals surface area contributed by atoms with Crippen LogP contribution in [0.5, 0.6) is 0 Å². The predicted molar refractivity (Wildman–Crippen MR) is 25.1 cm³/mol. The maximum atomic E-state index is 3.47. The molecule has 0 aliphatic rings. The Morgan fingerprint density at radius 3 is 2.00 bits per heavy atom. The van der Waals surface area contributed by atoms with Crippen LogP contribution < -0.4 is 0 Å². The van der Waals surface area contributed by atoms with Gasteiger partial charge in [-0.3, -0.25) is 0 Å². The molecule has 0 saturated carbocycles. The van der Waals surface area contributed by atoms with Gasteiger partial charge in [-0.15, -0.1) is 6.58 Å². The summed E-state index contributed by atoms with van der Waals surface area (Å²) in [5.41, 5.74) is 0. The van der Waals surface area contributed by atoms with Crippen LogP contribution in [0, 0.1) is 0 Å². The second-order valence-electron chi connectivity index (χ2n) is 0.729. The van der Waals surface area contributed by atoms with Crippen LogP contribution in [0.15, 0.2) is 24.4 Å². The van der Waals surface area contributed by atoms with Crippen molar-refractivity contribution in [3.63, 3.8) is 0 Å². The fraction of sp³-hybridized carbons (Fsp3) is 0. The van der Waals surface area contributed by atoms with Gasteiger partial charge in [-0.25, -0.2) is 0 Å². The van der Waals surface area contributed by atoms with E-state index in [0.29, 0.717) is 0 Å². The minimum Gasteiger partial charge on any atom is -0.101 e. The van der Waals surface area contributed by atoms with Crippen molar-refractivity contribution in [1.29, 1.82) is 0 Å². The van der Waals surface area contributed by atoms with Gasteiger partial charge in [0.2, 0.25) is 0 Å². The zero-order valence-corrected chi connectivity index (χ0v) is 3.99. The van der Waals surface area contributed by atoms with Crippen LogP contribution >= 0.6 is 0 Å². The highest BCUT2D eigenvalue weighted by Gasteiger charge is 1.60. The summed E-state index contributed by atoms with van der Waals surface area (Å²) in [6.45, 7) is 6.88. The van der Waals surface area contributed by atoms with Gasteiger partial charge in [0.1, 0.15) is 0 Å². The third kappa shape index (κ3) is 3.70. The number of hydrogen-bond acceptors (Lipinski definition) is 0. The molecule has 0 amide bonds. The Balaban J connectivity index is 3.20. The molecule has 0 bridgehead atoms. The molecule has 3 radical (unpaired) electrons.